The summed E-state index contributed by atoms with van der Waals surface area (Å²) in [5.74, 6) is 0. The minimum absolute atomic E-state index is 0.0454. The third-order valence-electron chi connectivity index (χ3n) is 2.00. The average molecular weight is 143 g/mol. The summed E-state index contributed by atoms with van der Waals surface area (Å²) in [4.78, 5) is 4.52. The molecule has 0 N–H and O–H groups in total. The zero-order chi connectivity index (χ0) is 7.40. The van der Waals surface area contributed by atoms with Gasteiger partial charge in [-0.15, -0.1) is 0 Å². The number of piperazine rings is 1. The van der Waals surface area contributed by atoms with E-state index < -0.39 is 0 Å². The van der Waals surface area contributed by atoms with Crippen LogP contribution in [0.1, 0.15) is 0 Å². The van der Waals surface area contributed by atoms with Gasteiger partial charge in [0.05, 0.1) is 6.61 Å². The molecule has 1 aliphatic rings. The van der Waals surface area contributed by atoms with Crippen molar-refractivity contribution in [2.75, 3.05) is 46.4 Å². The number of likely N-dealkylation sites (N-methyl/N-ethyl adjacent to an activating group) is 1. The van der Waals surface area contributed by atoms with Gasteiger partial charge in [-0.05, 0) is 7.05 Å². The van der Waals surface area contributed by atoms with Crippen LogP contribution in [0.5, 0.6) is 0 Å². The first-order chi connectivity index (χ1) is 4.83. The topological polar surface area (TPSA) is 26.4 Å². The van der Waals surface area contributed by atoms with E-state index in [9.17, 15) is 5.11 Å². The van der Waals surface area contributed by atoms with Crippen molar-refractivity contribution in [2.24, 2.45) is 0 Å². The Labute approximate surface area is 62.2 Å². The van der Waals surface area contributed by atoms with Crippen LogP contribution in [-0.4, -0.2) is 56.2 Å². The van der Waals surface area contributed by atoms with E-state index in [0.717, 1.165) is 32.7 Å². The highest BCUT2D eigenvalue weighted by Crippen LogP contribution is 1.96. The minimum atomic E-state index is 0.0454. The van der Waals surface area contributed by atoms with E-state index in [0.29, 0.717) is 0 Å². The summed E-state index contributed by atoms with van der Waals surface area (Å²) >= 11 is 0. The van der Waals surface area contributed by atoms with Crippen LogP contribution in [0.3, 0.4) is 0 Å². The molecule has 3 nitrogen and oxygen atoms in total. The SMILES string of the molecule is CN1CCN(CC[O])CC1. The fourth-order valence-electron chi connectivity index (χ4n) is 1.20. The smallest absolute Gasteiger partial charge is 0.0949 e. The summed E-state index contributed by atoms with van der Waals surface area (Å²) in [6.45, 7) is 5.13. The van der Waals surface area contributed by atoms with Crippen molar-refractivity contribution in [3.63, 3.8) is 0 Å². The van der Waals surface area contributed by atoms with Crippen molar-refractivity contribution >= 4 is 0 Å². The maximum Gasteiger partial charge on any atom is 0.0949 e. The number of rotatable bonds is 2. The van der Waals surface area contributed by atoms with E-state index in [4.69, 9.17) is 0 Å². The van der Waals surface area contributed by atoms with Gasteiger partial charge in [0.15, 0.2) is 0 Å². The van der Waals surface area contributed by atoms with Crippen LogP contribution in [0.4, 0.5) is 0 Å². The van der Waals surface area contributed by atoms with Crippen LogP contribution in [0.15, 0.2) is 0 Å². The van der Waals surface area contributed by atoms with Crippen molar-refractivity contribution < 1.29 is 5.11 Å². The van der Waals surface area contributed by atoms with Gasteiger partial charge in [-0.2, -0.15) is 0 Å². The van der Waals surface area contributed by atoms with E-state index >= 15 is 0 Å². The highest BCUT2D eigenvalue weighted by Gasteiger charge is 2.11. The van der Waals surface area contributed by atoms with Gasteiger partial charge < -0.3 is 4.90 Å². The third-order valence-corrected chi connectivity index (χ3v) is 2.00. The zero-order valence-corrected chi connectivity index (χ0v) is 6.55. The Morgan fingerprint density at radius 3 is 2.30 bits per heavy atom. The lowest BCUT2D eigenvalue weighted by molar-refractivity contribution is 0.103. The molecule has 1 fully saturated rings. The molecule has 0 spiro atoms. The Morgan fingerprint density at radius 2 is 1.80 bits per heavy atom. The largest absolute Gasteiger partial charge is 0.304 e. The number of hydrogen-bond acceptors (Lipinski definition) is 2. The van der Waals surface area contributed by atoms with Gasteiger partial charge in [-0.1, -0.05) is 0 Å². The first kappa shape index (κ1) is 7.98. The number of nitrogens with zero attached hydrogens (tertiary/aromatic N) is 2. The second-order valence-electron chi connectivity index (χ2n) is 2.85. The Balaban J connectivity index is 2.13. The van der Waals surface area contributed by atoms with Gasteiger partial charge in [0, 0.05) is 32.7 Å². The fourth-order valence-corrected chi connectivity index (χ4v) is 1.20. The van der Waals surface area contributed by atoms with Crippen LogP contribution in [0, 0.1) is 0 Å². The summed E-state index contributed by atoms with van der Waals surface area (Å²) in [5, 5.41) is 10.2. The summed E-state index contributed by atoms with van der Waals surface area (Å²) < 4.78 is 0. The third kappa shape index (κ3) is 2.25. The fraction of sp³-hybridized carbons (Fsp3) is 1.00. The normalized spacial score (nSPS) is 23.4. The summed E-state index contributed by atoms with van der Waals surface area (Å²) in [5.41, 5.74) is 0. The molecular formula is C7H15N2O. The molecule has 0 saturated carbocycles. The molecule has 10 heavy (non-hydrogen) atoms. The van der Waals surface area contributed by atoms with Gasteiger partial charge >= 0.3 is 0 Å². The first-order valence-electron chi connectivity index (χ1n) is 3.82. The maximum atomic E-state index is 10.2. The van der Waals surface area contributed by atoms with E-state index in [1.54, 1.807) is 0 Å². The maximum absolute atomic E-state index is 10.2. The van der Waals surface area contributed by atoms with E-state index in [1.165, 1.54) is 0 Å². The molecular weight excluding hydrogens is 128 g/mol. The van der Waals surface area contributed by atoms with Gasteiger partial charge in [0.1, 0.15) is 0 Å². The zero-order valence-electron chi connectivity index (χ0n) is 6.55. The molecule has 1 rings (SSSR count). The molecule has 1 saturated heterocycles. The summed E-state index contributed by atoms with van der Waals surface area (Å²) in [6, 6.07) is 0. The van der Waals surface area contributed by atoms with Crippen molar-refractivity contribution in [1.82, 2.24) is 9.80 Å². The van der Waals surface area contributed by atoms with E-state index in [2.05, 4.69) is 16.8 Å². The molecule has 59 valence electrons. The minimum Gasteiger partial charge on any atom is -0.304 e. The van der Waals surface area contributed by atoms with Crippen molar-refractivity contribution in [3.8, 4) is 0 Å². The van der Waals surface area contributed by atoms with Gasteiger partial charge in [-0.3, -0.25) is 4.90 Å². The highest BCUT2D eigenvalue weighted by molar-refractivity contribution is 4.68. The van der Waals surface area contributed by atoms with E-state index in [1.807, 2.05) is 0 Å². The summed E-state index contributed by atoms with van der Waals surface area (Å²) in [6.07, 6.45) is 0. The lowest BCUT2D eigenvalue weighted by atomic mass is 10.3. The van der Waals surface area contributed by atoms with E-state index in [-0.39, 0.29) is 6.61 Å². The van der Waals surface area contributed by atoms with Crippen LogP contribution in [0.25, 0.3) is 0 Å². The molecule has 1 heterocycles. The monoisotopic (exact) mass is 143 g/mol. The molecule has 0 unspecified atom stereocenters. The first-order valence-corrected chi connectivity index (χ1v) is 3.82. The highest BCUT2D eigenvalue weighted by atomic mass is 16.3. The summed E-state index contributed by atoms with van der Waals surface area (Å²) in [7, 11) is 2.12. The predicted molar refractivity (Wildman–Crippen MR) is 39.5 cm³/mol. The molecule has 0 aromatic carbocycles. The van der Waals surface area contributed by atoms with Gasteiger partial charge in [-0.25, -0.2) is 5.11 Å². The lowest BCUT2D eigenvalue weighted by Gasteiger charge is -2.31. The molecule has 0 atom stereocenters. The van der Waals surface area contributed by atoms with Crippen LogP contribution in [0.2, 0.25) is 0 Å². The quantitative estimate of drug-likeness (QED) is 0.529. The molecule has 0 aliphatic carbocycles. The van der Waals surface area contributed by atoms with Crippen molar-refractivity contribution in [1.29, 1.82) is 0 Å². The number of hydrogen-bond donors (Lipinski definition) is 0. The van der Waals surface area contributed by atoms with Crippen molar-refractivity contribution in [2.45, 2.75) is 0 Å². The molecule has 0 bridgehead atoms. The molecule has 0 aromatic rings. The van der Waals surface area contributed by atoms with Gasteiger partial charge in [0.2, 0.25) is 0 Å². The predicted octanol–water partition coefficient (Wildman–Crippen LogP) is -0.336. The van der Waals surface area contributed by atoms with Crippen LogP contribution in [-0.2, 0) is 5.11 Å². The Morgan fingerprint density at radius 1 is 1.20 bits per heavy atom. The lowest BCUT2D eigenvalue weighted by Crippen LogP contribution is -2.45. The second-order valence-corrected chi connectivity index (χ2v) is 2.85. The van der Waals surface area contributed by atoms with Crippen LogP contribution >= 0.6 is 0 Å². The van der Waals surface area contributed by atoms with Gasteiger partial charge in [0.25, 0.3) is 0 Å². The molecule has 0 aromatic heterocycles. The molecule has 1 aliphatic heterocycles. The molecule has 1 radical (unpaired) electrons. The average Bonchev–Trinajstić information content (AvgIpc) is 1.95. The Bertz CT molecular complexity index is 89.6. The second kappa shape index (κ2) is 3.91. The Kier molecular flexibility index (Phi) is 3.12. The molecule has 3 heteroatoms. The van der Waals surface area contributed by atoms with Crippen LogP contribution < -0.4 is 0 Å². The standard InChI is InChI=1S/C7H15N2O/c1-8-2-4-9(5-3-8)6-7-10/h2-7H2,1H3. The van der Waals surface area contributed by atoms with Crippen molar-refractivity contribution in [3.05, 3.63) is 0 Å². The Hall–Kier alpha value is -0.120. The molecule has 0 amide bonds.